The Morgan fingerprint density at radius 3 is 2.78 bits per heavy atom. The van der Waals surface area contributed by atoms with E-state index in [1.165, 1.54) is 18.2 Å². The quantitative estimate of drug-likeness (QED) is 0.835. The Kier molecular flexibility index (Phi) is 3.46. The maximum Gasteiger partial charge on any atom is 0.254 e. The number of rotatable bonds is 3. The highest BCUT2D eigenvalue weighted by Gasteiger charge is 2.15. The van der Waals surface area contributed by atoms with E-state index in [2.05, 4.69) is 0 Å². The van der Waals surface area contributed by atoms with E-state index < -0.39 is 0 Å². The minimum atomic E-state index is -0.332. The van der Waals surface area contributed by atoms with Gasteiger partial charge in [0, 0.05) is 24.7 Å². The molecule has 2 aromatic rings. The number of amides is 1. The highest BCUT2D eigenvalue weighted by Crippen LogP contribution is 2.14. The molecule has 0 aliphatic rings. The summed E-state index contributed by atoms with van der Waals surface area (Å²) in [5.41, 5.74) is 2.08. The fourth-order valence-electron chi connectivity index (χ4n) is 1.80. The van der Waals surface area contributed by atoms with Crippen LogP contribution >= 0.6 is 0 Å². The van der Waals surface area contributed by atoms with Crippen LogP contribution in [0.2, 0.25) is 0 Å². The SMILES string of the molecule is Cc1cc(F)ccc1C(=O)N(C)Cc1ccoc1. The molecule has 0 fully saturated rings. The van der Waals surface area contributed by atoms with Gasteiger partial charge in [0.1, 0.15) is 5.82 Å². The number of aryl methyl sites for hydroxylation is 1. The fraction of sp³-hybridized carbons (Fsp3) is 0.214. The van der Waals surface area contributed by atoms with Crippen molar-refractivity contribution < 1.29 is 13.6 Å². The van der Waals surface area contributed by atoms with E-state index in [1.807, 2.05) is 0 Å². The molecule has 0 spiro atoms. The summed E-state index contributed by atoms with van der Waals surface area (Å²) >= 11 is 0. The Bertz CT molecular complexity index is 549. The molecule has 1 heterocycles. The first kappa shape index (κ1) is 12.4. The second-order valence-corrected chi connectivity index (χ2v) is 4.25. The molecule has 0 N–H and O–H groups in total. The van der Waals surface area contributed by atoms with Crippen molar-refractivity contribution in [2.45, 2.75) is 13.5 Å². The smallest absolute Gasteiger partial charge is 0.254 e. The molecule has 0 saturated carbocycles. The first-order valence-corrected chi connectivity index (χ1v) is 5.60. The molecule has 18 heavy (non-hydrogen) atoms. The lowest BCUT2D eigenvalue weighted by Gasteiger charge is -2.17. The molecule has 0 aliphatic heterocycles. The highest BCUT2D eigenvalue weighted by molar-refractivity contribution is 5.95. The van der Waals surface area contributed by atoms with Gasteiger partial charge in [-0.15, -0.1) is 0 Å². The molecule has 0 saturated heterocycles. The molecule has 0 atom stereocenters. The molecule has 3 nitrogen and oxygen atoms in total. The summed E-state index contributed by atoms with van der Waals surface area (Å²) in [5.74, 6) is -0.463. The number of carbonyl (C=O) groups excluding carboxylic acids is 1. The molecule has 2 rings (SSSR count). The van der Waals surface area contributed by atoms with Gasteiger partial charge in [-0.05, 0) is 36.8 Å². The maximum atomic E-state index is 13.0. The molecule has 0 bridgehead atoms. The zero-order valence-electron chi connectivity index (χ0n) is 10.3. The molecule has 1 amide bonds. The minimum Gasteiger partial charge on any atom is -0.472 e. The summed E-state index contributed by atoms with van der Waals surface area (Å²) in [6.45, 7) is 2.19. The van der Waals surface area contributed by atoms with E-state index in [9.17, 15) is 9.18 Å². The van der Waals surface area contributed by atoms with E-state index in [0.29, 0.717) is 17.7 Å². The normalized spacial score (nSPS) is 10.4. The number of hydrogen-bond acceptors (Lipinski definition) is 2. The zero-order valence-corrected chi connectivity index (χ0v) is 10.3. The van der Waals surface area contributed by atoms with E-state index in [-0.39, 0.29) is 11.7 Å². The summed E-state index contributed by atoms with van der Waals surface area (Å²) in [5, 5.41) is 0. The number of furan rings is 1. The Balaban J connectivity index is 2.15. The van der Waals surface area contributed by atoms with Crippen LogP contribution in [0.5, 0.6) is 0 Å². The zero-order chi connectivity index (χ0) is 13.1. The molecule has 0 aliphatic carbocycles. The number of benzene rings is 1. The van der Waals surface area contributed by atoms with Gasteiger partial charge in [-0.1, -0.05) is 0 Å². The lowest BCUT2D eigenvalue weighted by Crippen LogP contribution is -2.26. The van der Waals surface area contributed by atoms with E-state index in [1.54, 1.807) is 37.5 Å². The summed E-state index contributed by atoms with van der Waals surface area (Å²) in [6.07, 6.45) is 3.16. The van der Waals surface area contributed by atoms with Crippen molar-refractivity contribution in [3.63, 3.8) is 0 Å². The van der Waals surface area contributed by atoms with Gasteiger partial charge < -0.3 is 9.32 Å². The largest absolute Gasteiger partial charge is 0.472 e. The number of hydrogen-bond donors (Lipinski definition) is 0. The van der Waals surface area contributed by atoms with Gasteiger partial charge in [0.2, 0.25) is 0 Å². The van der Waals surface area contributed by atoms with Gasteiger partial charge in [0.05, 0.1) is 12.5 Å². The minimum absolute atomic E-state index is 0.131. The van der Waals surface area contributed by atoms with E-state index >= 15 is 0 Å². The molecule has 94 valence electrons. The van der Waals surface area contributed by atoms with Crippen molar-refractivity contribution in [2.75, 3.05) is 7.05 Å². The van der Waals surface area contributed by atoms with Gasteiger partial charge in [0.15, 0.2) is 0 Å². The summed E-state index contributed by atoms with van der Waals surface area (Å²) in [4.78, 5) is 13.8. The first-order valence-electron chi connectivity index (χ1n) is 5.60. The number of halogens is 1. The molecule has 1 aromatic carbocycles. The molecular weight excluding hydrogens is 233 g/mol. The Hall–Kier alpha value is -2.10. The van der Waals surface area contributed by atoms with Crippen molar-refractivity contribution in [1.82, 2.24) is 4.90 Å². The monoisotopic (exact) mass is 247 g/mol. The average molecular weight is 247 g/mol. The van der Waals surface area contributed by atoms with Gasteiger partial charge in [-0.25, -0.2) is 4.39 Å². The van der Waals surface area contributed by atoms with Crippen LogP contribution in [-0.4, -0.2) is 17.9 Å². The second kappa shape index (κ2) is 5.04. The van der Waals surface area contributed by atoms with Crippen LogP contribution in [0, 0.1) is 12.7 Å². The predicted octanol–water partition coefficient (Wildman–Crippen LogP) is 3.00. The molecule has 1 aromatic heterocycles. The third kappa shape index (κ3) is 2.59. The lowest BCUT2D eigenvalue weighted by atomic mass is 10.1. The third-order valence-corrected chi connectivity index (χ3v) is 2.77. The molecule has 0 radical (unpaired) electrons. The Labute approximate surface area is 105 Å². The molecule has 4 heteroatoms. The van der Waals surface area contributed by atoms with Crippen LogP contribution in [0.3, 0.4) is 0 Å². The van der Waals surface area contributed by atoms with Crippen LogP contribution in [-0.2, 0) is 6.54 Å². The van der Waals surface area contributed by atoms with E-state index in [4.69, 9.17) is 4.42 Å². The van der Waals surface area contributed by atoms with Crippen molar-refractivity contribution in [1.29, 1.82) is 0 Å². The second-order valence-electron chi connectivity index (χ2n) is 4.25. The summed E-state index contributed by atoms with van der Waals surface area (Å²) in [7, 11) is 1.71. The van der Waals surface area contributed by atoms with Gasteiger partial charge in [-0.2, -0.15) is 0 Å². The van der Waals surface area contributed by atoms with Gasteiger partial charge in [-0.3, -0.25) is 4.79 Å². The van der Waals surface area contributed by atoms with Crippen molar-refractivity contribution in [2.24, 2.45) is 0 Å². The average Bonchev–Trinajstić information content (AvgIpc) is 2.81. The third-order valence-electron chi connectivity index (χ3n) is 2.77. The van der Waals surface area contributed by atoms with Crippen molar-refractivity contribution >= 4 is 5.91 Å². The van der Waals surface area contributed by atoms with E-state index in [0.717, 1.165) is 5.56 Å². The maximum absolute atomic E-state index is 13.0. The summed E-state index contributed by atoms with van der Waals surface area (Å²) in [6, 6.07) is 5.98. The molecular formula is C14H14FNO2. The van der Waals surface area contributed by atoms with Crippen molar-refractivity contribution in [3.8, 4) is 0 Å². The number of carbonyl (C=O) groups is 1. The Morgan fingerprint density at radius 2 is 2.17 bits per heavy atom. The topological polar surface area (TPSA) is 33.5 Å². The van der Waals surface area contributed by atoms with Gasteiger partial charge in [0.25, 0.3) is 5.91 Å². The first-order chi connectivity index (χ1) is 8.58. The lowest BCUT2D eigenvalue weighted by molar-refractivity contribution is 0.0784. The van der Waals surface area contributed by atoms with Crippen LogP contribution in [0.1, 0.15) is 21.5 Å². The Morgan fingerprint density at radius 1 is 1.39 bits per heavy atom. The van der Waals surface area contributed by atoms with Crippen LogP contribution < -0.4 is 0 Å². The predicted molar refractivity (Wildman–Crippen MR) is 65.6 cm³/mol. The van der Waals surface area contributed by atoms with Crippen LogP contribution in [0.15, 0.2) is 41.2 Å². The molecule has 0 unspecified atom stereocenters. The number of nitrogens with zero attached hydrogens (tertiary/aromatic N) is 1. The standard InChI is InChI=1S/C14H14FNO2/c1-10-7-12(15)3-4-13(10)14(17)16(2)8-11-5-6-18-9-11/h3-7,9H,8H2,1-2H3. The van der Waals surface area contributed by atoms with Crippen LogP contribution in [0.4, 0.5) is 4.39 Å². The van der Waals surface area contributed by atoms with Gasteiger partial charge >= 0.3 is 0 Å². The van der Waals surface area contributed by atoms with Crippen LogP contribution in [0.25, 0.3) is 0 Å². The highest BCUT2D eigenvalue weighted by atomic mass is 19.1. The summed E-state index contributed by atoms with van der Waals surface area (Å²) < 4.78 is 17.9. The van der Waals surface area contributed by atoms with Crippen molar-refractivity contribution in [3.05, 3.63) is 59.3 Å². The fourth-order valence-corrected chi connectivity index (χ4v) is 1.80.